The summed E-state index contributed by atoms with van der Waals surface area (Å²) < 4.78 is 11.1. The van der Waals surface area contributed by atoms with E-state index in [1.165, 1.54) is 11.1 Å². The van der Waals surface area contributed by atoms with Crippen LogP contribution in [0.3, 0.4) is 0 Å². The van der Waals surface area contributed by atoms with Gasteiger partial charge in [0.15, 0.2) is 0 Å². The number of alkyl halides is 1. The van der Waals surface area contributed by atoms with Gasteiger partial charge in [0.05, 0.1) is 11.1 Å². The summed E-state index contributed by atoms with van der Waals surface area (Å²) in [5.41, 5.74) is 2.49. The molecule has 2 heterocycles. The minimum Gasteiger partial charge on any atom is -0.490 e. The maximum absolute atomic E-state index is 5.69. The highest BCUT2D eigenvalue weighted by atomic mass is 79.9. The zero-order chi connectivity index (χ0) is 11.8. The Kier molecular flexibility index (Phi) is 2.71. The first kappa shape index (κ1) is 10.9. The van der Waals surface area contributed by atoms with Crippen LogP contribution < -0.4 is 4.74 Å². The third-order valence-corrected chi connectivity index (χ3v) is 3.99. The average Bonchev–Trinajstić information content (AvgIpc) is 2.94. The maximum atomic E-state index is 5.69. The Morgan fingerprint density at radius 1 is 1.35 bits per heavy atom. The Hall–Kier alpha value is -1.22. The van der Waals surface area contributed by atoms with Crippen LogP contribution in [0.5, 0.6) is 5.75 Å². The summed E-state index contributed by atoms with van der Waals surface area (Å²) in [7, 11) is 0. The van der Waals surface area contributed by atoms with Gasteiger partial charge in [0, 0.05) is 6.42 Å². The van der Waals surface area contributed by atoms with Crippen LogP contribution in [-0.2, 0) is 6.42 Å². The van der Waals surface area contributed by atoms with Gasteiger partial charge >= 0.3 is 0 Å². The first-order chi connectivity index (χ1) is 8.24. The van der Waals surface area contributed by atoms with E-state index in [4.69, 9.17) is 9.15 Å². The fourth-order valence-electron chi connectivity index (χ4n) is 2.20. The molecule has 1 aromatic heterocycles. The molecule has 0 bridgehead atoms. The third-order valence-electron chi connectivity index (χ3n) is 3.01. The lowest BCUT2D eigenvalue weighted by Crippen LogP contribution is -2.05. The average molecular weight is 293 g/mol. The molecule has 17 heavy (non-hydrogen) atoms. The van der Waals surface area contributed by atoms with Crippen LogP contribution in [0.4, 0.5) is 0 Å². The van der Waals surface area contributed by atoms with E-state index < -0.39 is 0 Å². The lowest BCUT2D eigenvalue weighted by molar-refractivity contribution is 0.254. The van der Waals surface area contributed by atoms with Crippen molar-refractivity contribution in [2.45, 2.75) is 24.3 Å². The molecule has 3 rings (SSSR count). The van der Waals surface area contributed by atoms with Crippen molar-refractivity contribution in [1.82, 2.24) is 0 Å². The van der Waals surface area contributed by atoms with E-state index in [0.717, 1.165) is 17.9 Å². The molecule has 0 N–H and O–H groups in total. The molecule has 1 aliphatic rings. The van der Waals surface area contributed by atoms with Crippen molar-refractivity contribution in [2.24, 2.45) is 0 Å². The van der Waals surface area contributed by atoms with Crippen molar-refractivity contribution >= 4 is 15.9 Å². The van der Waals surface area contributed by atoms with E-state index >= 15 is 0 Å². The molecular weight excluding hydrogens is 280 g/mol. The third kappa shape index (κ3) is 2.00. The molecule has 88 valence electrons. The topological polar surface area (TPSA) is 22.4 Å². The predicted molar refractivity (Wildman–Crippen MR) is 69.7 cm³/mol. The molecule has 0 aliphatic carbocycles. The lowest BCUT2D eigenvalue weighted by atomic mass is 10.0. The number of halogens is 1. The van der Waals surface area contributed by atoms with E-state index in [9.17, 15) is 0 Å². The number of furan rings is 1. The summed E-state index contributed by atoms with van der Waals surface area (Å²) in [6, 6.07) is 10.2. The predicted octanol–water partition coefficient (Wildman–Crippen LogP) is 4.09. The largest absolute Gasteiger partial charge is 0.490 e. The maximum Gasteiger partial charge on any atom is 0.123 e. The van der Waals surface area contributed by atoms with Gasteiger partial charge in [-0.1, -0.05) is 28.1 Å². The van der Waals surface area contributed by atoms with E-state index in [1.807, 2.05) is 18.2 Å². The SMILES string of the molecule is CC1Cc2cc(C(Br)c3ccco3)ccc2O1. The molecule has 0 spiro atoms. The van der Waals surface area contributed by atoms with Crippen molar-refractivity contribution < 1.29 is 9.15 Å². The Bertz CT molecular complexity index is 519. The summed E-state index contributed by atoms with van der Waals surface area (Å²) in [4.78, 5) is 0.110. The molecule has 2 aromatic rings. The van der Waals surface area contributed by atoms with Gasteiger partial charge < -0.3 is 9.15 Å². The Morgan fingerprint density at radius 3 is 3.00 bits per heavy atom. The highest BCUT2D eigenvalue weighted by molar-refractivity contribution is 9.09. The van der Waals surface area contributed by atoms with Crippen LogP contribution in [-0.4, -0.2) is 6.10 Å². The Labute approximate surface area is 109 Å². The van der Waals surface area contributed by atoms with Crippen LogP contribution in [0.1, 0.15) is 28.6 Å². The van der Waals surface area contributed by atoms with Gasteiger partial charge in [-0.3, -0.25) is 0 Å². The van der Waals surface area contributed by atoms with Gasteiger partial charge in [0.1, 0.15) is 17.6 Å². The summed E-state index contributed by atoms with van der Waals surface area (Å²) in [6.07, 6.45) is 2.97. The molecule has 0 amide bonds. The fraction of sp³-hybridized carbons (Fsp3) is 0.286. The summed E-state index contributed by atoms with van der Waals surface area (Å²) in [5, 5.41) is 0. The minimum atomic E-state index is 0.110. The van der Waals surface area contributed by atoms with Gasteiger partial charge in [-0.05, 0) is 36.2 Å². The monoisotopic (exact) mass is 292 g/mol. The van der Waals surface area contributed by atoms with Crippen LogP contribution >= 0.6 is 15.9 Å². The van der Waals surface area contributed by atoms with Crippen LogP contribution in [0.15, 0.2) is 41.0 Å². The van der Waals surface area contributed by atoms with Gasteiger partial charge in [0.2, 0.25) is 0 Å². The highest BCUT2D eigenvalue weighted by Gasteiger charge is 2.21. The molecular formula is C14H13BrO2. The zero-order valence-electron chi connectivity index (χ0n) is 9.52. The van der Waals surface area contributed by atoms with Crippen molar-refractivity contribution in [1.29, 1.82) is 0 Å². The van der Waals surface area contributed by atoms with Gasteiger partial charge in [-0.2, -0.15) is 0 Å². The second-order valence-corrected chi connectivity index (χ2v) is 5.29. The number of ether oxygens (including phenoxy) is 1. The molecule has 0 saturated carbocycles. The molecule has 2 nitrogen and oxygen atoms in total. The second-order valence-electron chi connectivity index (χ2n) is 4.38. The number of hydrogen-bond acceptors (Lipinski definition) is 2. The van der Waals surface area contributed by atoms with Gasteiger partial charge in [0.25, 0.3) is 0 Å². The number of fused-ring (bicyclic) bond motifs is 1. The quantitative estimate of drug-likeness (QED) is 0.778. The van der Waals surface area contributed by atoms with Crippen molar-refractivity contribution in [2.75, 3.05) is 0 Å². The van der Waals surface area contributed by atoms with Crippen LogP contribution in [0.2, 0.25) is 0 Å². The summed E-state index contributed by atoms with van der Waals surface area (Å²) >= 11 is 3.66. The van der Waals surface area contributed by atoms with Crippen molar-refractivity contribution in [3.05, 3.63) is 53.5 Å². The summed E-state index contributed by atoms with van der Waals surface area (Å²) in [6.45, 7) is 2.10. The first-order valence-corrected chi connectivity index (χ1v) is 6.62. The highest BCUT2D eigenvalue weighted by Crippen LogP contribution is 2.36. The molecule has 0 fully saturated rings. The number of hydrogen-bond donors (Lipinski definition) is 0. The normalized spacial score (nSPS) is 19.8. The van der Waals surface area contributed by atoms with Gasteiger partial charge in [-0.25, -0.2) is 0 Å². The van der Waals surface area contributed by atoms with Crippen molar-refractivity contribution in [3.63, 3.8) is 0 Å². The Balaban J connectivity index is 1.93. The number of rotatable bonds is 2. The molecule has 0 saturated heterocycles. The smallest absolute Gasteiger partial charge is 0.123 e. The molecule has 3 heteroatoms. The zero-order valence-corrected chi connectivity index (χ0v) is 11.1. The number of benzene rings is 1. The van der Waals surface area contributed by atoms with Crippen LogP contribution in [0, 0.1) is 0 Å². The molecule has 2 unspecified atom stereocenters. The molecule has 2 atom stereocenters. The van der Waals surface area contributed by atoms with Crippen molar-refractivity contribution in [3.8, 4) is 5.75 Å². The first-order valence-electron chi connectivity index (χ1n) is 5.71. The molecule has 1 aliphatic heterocycles. The lowest BCUT2D eigenvalue weighted by Gasteiger charge is -2.08. The van der Waals surface area contributed by atoms with E-state index in [-0.39, 0.29) is 10.9 Å². The molecule has 0 radical (unpaired) electrons. The van der Waals surface area contributed by atoms with E-state index in [0.29, 0.717) is 0 Å². The summed E-state index contributed by atoms with van der Waals surface area (Å²) in [5.74, 6) is 1.94. The molecule has 1 aromatic carbocycles. The standard InChI is InChI=1S/C14H13BrO2/c1-9-7-11-8-10(4-5-12(11)17-9)14(15)13-3-2-6-16-13/h2-6,8-9,14H,7H2,1H3. The van der Waals surface area contributed by atoms with E-state index in [2.05, 4.69) is 35.0 Å². The van der Waals surface area contributed by atoms with Gasteiger partial charge in [-0.15, -0.1) is 0 Å². The fourth-order valence-corrected chi connectivity index (χ4v) is 2.74. The van der Waals surface area contributed by atoms with E-state index in [1.54, 1.807) is 6.26 Å². The Morgan fingerprint density at radius 2 is 2.24 bits per heavy atom. The second kappa shape index (κ2) is 4.22. The minimum absolute atomic E-state index is 0.110. The van der Waals surface area contributed by atoms with Crippen LogP contribution in [0.25, 0.3) is 0 Å².